The van der Waals surface area contributed by atoms with Gasteiger partial charge in [-0.2, -0.15) is 0 Å². The predicted molar refractivity (Wildman–Crippen MR) is 84.0 cm³/mol. The Morgan fingerprint density at radius 3 is 1.81 bits per heavy atom. The van der Waals surface area contributed by atoms with Gasteiger partial charge < -0.3 is 19.9 Å². The molecule has 112 valence electrons. The van der Waals surface area contributed by atoms with E-state index >= 15 is 0 Å². The molecule has 0 spiro atoms. The maximum absolute atomic E-state index is 9.81. The Bertz CT molecular complexity index is 566. The van der Waals surface area contributed by atoms with E-state index in [2.05, 4.69) is 5.32 Å². The van der Waals surface area contributed by atoms with Crippen molar-refractivity contribution >= 4 is 5.69 Å². The van der Waals surface area contributed by atoms with Gasteiger partial charge >= 0.3 is 0 Å². The fourth-order valence-corrected chi connectivity index (χ4v) is 2.15. The zero-order valence-corrected chi connectivity index (χ0v) is 12.6. The van der Waals surface area contributed by atoms with E-state index in [9.17, 15) is 5.11 Å². The molecule has 0 saturated carbocycles. The molecule has 1 unspecified atom stereocenters. The first-order valence-electron chi connectivity index (χ1n) is 6.79. The van der Waals surface area contributed by atoms with E-state index in [0.717, 1.165) is 22.7 Å². The van der Waals surface area contributed by atoms with Gasteiger partial charge in [-0.1, -0.05) is 12.1 Å². The molecule has 0 bridgehead atoms. The lowest BCUT2D eigenvalue weighted by atomic mass is 9.92. The molecule has 0 heterocycles. The number of aliphatic hydroxyl groups is 1. The molecule has 2 N–H and O–H groups in total. The van der Waals surface area contributed by atoms with Crippen molar-refractivity contribution in [3.63, 3.8) is 0 Å². The monoisotopic (exact) mass is 287 g/mol. The first kappa shape index (κ1) is 15.2. The lowest BCUT2D eigenvalue weighted by Gasteiger charge is -2.30. The van der Waals surface area contributed by atoms with Gasteiger partial charge in [0.05, 0.1) is 26.4 Å². The van der Waals surface area contributed by atoms with Crippen LogP contribution in [-0.4, -0.2) is 25.9 Å². The second-order valence-corrected chi connectivity index (χ2v) is 5.07. The topological polar surface area (TPSA) is 50.7 Å². The summed E-state index contributed by atoms with van der Waals surface area (Å²) in [6.07, 6.45) is 0. The van der Waals surface area contributed by atoms with Crippen LogP contribution in [0.15, 0.2) is 48.5 Å². The summed E-state index contributed by atoms with van der Waals surface area (Å²) in [6, 6.07) is 15.3. The maximum atomic E-state index is 9.81. The van der Waals surface area contributed by atoms with E-state index in [1.165, 1.54) is 0 Å². The van der Waals surface area contributed by atoms with Crippen LogP contribution in [0.5, 0.6) is 11.5 Å². The molecule has 0 aromatic heterocycles. The molecular weight excluding hydrogens is 266 g/mol. The number of methoxy groups -OCH3 is 2. The summed E-state index contributed by atoms with van der Waals surface area (Å²) in [4.78, 5) is 0. The van der Waals surface area contributed by atoms with E-state index in [1.807, 2.05) is 55.5 Å². The molecule has 0 amide bonds. The Balaban J connectivity index is 2.22. The molecule has 0 saturated heterocycles. The van der Waals surface area contributed by atoms with Crippen LogP contribution in [0.1, 0.15) is 12.5 Å². The number of aliphatic hydroxyl groups excluding tert-OH is 1. The van der Waals surface area contributed by atoms with Crippen molar-refractivity contribution in [3.05, 3.63) is 54.1 Å². The highest BCUT2D eigenvalue weighted by Crippen LogP contribution is 2.28. The summed E-state index contributed by atoms with van der Waals surface area (Å²) in [5.74, 6) is 1.60. The van der Waals surface area contributed by atoms with Gasteiger partial charge in [0.15, 0.2) is 0 Å². The van der Waals surface area contributed by atoms with Gasteiger partial charge in [-0.3, -0.25) is 0 Å². The molecule has 4 nitrogen and oxygen atoms in total. The predicted octanol–water partition coefficient (Wildman–Crippen LogP) is 3.02. The van der Waals surface area contributed by atoms with Crippen molar-refractivity contribution in [2.24, 2.45) is 0 Å². The zero-order valence-electron chi connectivity index (χ0n) is 12.6. The number of anilines is 1. The largest absolute Gasteiger partial charge is 0.497 e. The third-order valence-electron chi connectivity index (χ3n) is 3.55. The number of hydrogen-bond donors (Lipinski definition) is 2. The second kappa shape index (κ2) is 6.50. The molecule has 0 aliphatic carbocycles. The van der Waals surface area contributed by atoms with E-state index < -0.39 is 5.54 Å². The van der Waals surface area contributed by atoms with Gasteiger partial charge in [-0.05, 0) is 48.9 Å². The van der Waals surface area contributed by atoms with Crippen LogP contribution < -0.4 is 14.8 Å². The highest BCUT2D eigenvalue weighted by Gasteiger charge is 2.25. The lowest BCUT2D eigenvalue weighted by Crippen LogP contribution is -2.35. The zero-order chi connectivity index (χ0) is 15.3. The van der Waals surface area contributed by atoms with Crippen LogP contribution in [0.4, 0.5) is 5.69 Å². The van der Waals surface area contributed by atoms with Crippen LogP contribution in [-0.2, 0) is 5.54 Å². The van der Waals surface area contributed by atoms with Gasteiger partial charge in [0.25, 0.3) is 0 Å². The minimum atomic E-state index is -0.569. The summed E-state index contributed by atoms with van der Waals surface area (Å²) in [6.45, 7) is 1.93. The molecule has 1 atom stereocenters. The van der Waals surface area contributed by atoms with Gasteiger partial charge in [0.2, 0.25) is 0 Å². The molecule has 0 aliphatic heterocycles. The molecule has 0 fully saturated rings. The standard InChI is InChI=1S/C17H21NO3/c1-17(12-19,13-4-8-15(20-2)9-5-13)18-14-6-10-16(21-3)11-7-14/h4-11,18-19H,12H2,1-3H3. The fourth-order valence-electron chi connectivity index (χ4n) is 2.15. The van der Waals surface area contributed by atoms with Gasteiger partial charge in [-0.25, -0.2) is 0 Å². The van der Waals surface area contributed by atoms with Crippen molar-refractivity contribution in [3.8, 4) is 11.5 Å². The number of nitrogens with one attached hydrogen (secondary N) is 1. The third-order valence-corrected chi connectivity index (χ3v) is 3.55. The molecular formula is C17H21NO3. The summed E-state index contributed by atoms with van der Waals surface area (Å²) in [7, 11) is 3.27. The smallest absolute Gasteiger partial charge is 0.119 e. The number of benzene rings is 2. The van der Waals surface area contributed by atoms with E-state index in [4.69, 9.17) is 9.47 Å². The fraction of sp³-hybridized carbons (Fsp3) is 0.294. The Hall–Kier alpha value is -2.20. The first-order valence-corrected chi connectivity index (χ1v) is 6.79. The molecule has 2 aromatic rings. The number of ether oxygens (including phenoxy) is 2. The molecule has 2 rings (SSSR count). The van der Waals surface area contributed by atoms with Gasteiger partial charge in [-0.15, -0.1) is 0 Å². The minimum Gasteiger partial charge on any atom is -0.497 e. The minimum absolute atomic E-state index is 0.0225. The highest BCUT2D eigenvalue weighted by atomic mass is 16.5. The second-order valence-electron chi connectivity index (χ2n) is 5.07. The lowest BCUT2D eigenvalue weighted by molar-refractivity contribution is 0.224. The summed E-state index contributed by atoms with van der Waals surface area (Å²) < 4.78 is 10.3. The number of rotatable bonds is 6. The van der Waals surface area contributed by atoms with Gasteiger partial charge in [0.1, 0.15) is 11.5 Å². The average Bonchev–Trinajstić information content (AvgIpc) is 2.55. The molecule has 4 heteroatoms. The van der Waals surface area contributed by atoms with Crippen molar-refractivity contribution in [1.82, 2.24) is 0 Å². The van der Waals surface area contributed by atoms with Crippen LogP contribution in [0.25, 0.3) is 0 Å². The SMILES string of the molecule is COc1ccc(NC(C)(CO)c2ccc(OC)cc2)cc1. The van der Waals surface area contributed by atoms with Crippen LogP contribution in [0, 0.1) is 0 Å². The molecule has 0 radical (unpaired) electrons. The van der Waals surface area contributed by atoms with E-state index in [1.54, 1.807) is 14.2 Å². The quantitative estimate of drug-likeness (QED) is 0.857. The Morgan fingerprint density at radius 2 is 1.38 bits per heavy atom. The van der Waals surface area contributed by atoms with Crippen molar-refractivity contribution in [1.29, 1.82) is 0 Å². The molecule has 21 heavy (non-hydrogen) atoms. The van der Waals surface area contributed by atoms with Crippen molar-refractivity contribution in [2.45, 2.75) is 12.5 Å². The summed E-state index contributed by atoms with van der Waals surface area (Å²) >= 11 is 0. The molecule has 2 aromatic carbocycles. The number of hydrogen-bond acceptors (Lipinski definition) is 4. The van der Waals surface area contributed by atoms with Gasteiger partial charge in [0, 0.05) is 5.69 Å². The summed E-state index contributed by atoms with van der Waals surface area (Å²) in [5, 5.41) is 13.2. The average molecular weight is 287 g/mol. The summed E-state index contributed by atoms with van der Waals surface area (Å²) in [5.41, 5.74) is 1.34. The maximum Gasteiger partial charge on any atom is 0.119 e. The van der Waals surface area contributed by atoms with Crippen LogP contribution in [0.3, 0.4) is 0 Å². The van der Waals surface area contributed by atoms with Crippen LogP contribution >= 0.6 is 0 Å². The normalized spacial score (nSPS) is 13.3. The highest BCUT2D eigenvalue weighted by molar-refractivity contribution is 5.50. The Labute approximate surface area is 125 Å². The van der Waals surface area contributed by atoms with E-state index in [0.29, 0.717) is 0 Å². The van der Waals surface area contributed by atoms with E-state index in [-0.39, 0.29) is 6.61 Å². The van der Waals surface area contributed by atoms with Crippen molar-refractivity contribution < 1.29 is 14.6 Å². The van der Waals surface area contributed by atoms with Crippen LogP contribution in [0.2, 0.25) is 0 Å². The Kier molecular flexibility index (Phi) is 4.70. The third kappa shape index (κ3) is 3.47. The molecule has 0 aliphatic rings. The Morgan fingerprint density at radius 1 is 0.905 bits per heavy atom. The van der Waals surface area contributed by atoms with Crippen molar-refractivity contribution in [2.75, 3.05) is 26.1 Å². The first-order chi connectivity index (χ1) is 10.1.